The fourth-order valence-corrected chi connectivity index (χ4v) is 6.71. The van der Waals surface area contributed by atoms with Crippen LogP contribution in [0.5, 0.6) is 0 Å². The summed E-state index contributed by atoms with van der Waals surface area (Å²) in [4.78, 5) is 4.92. The van der Waals surface area contributed by atoms with Gasteiger partial charge in [0.1, 0.15) is 0 Å². The summed E-state index contributed by atoms with van der Waals surface area (Å²) in [7, 11) is 0. The zero-order valence-corrected chi connectivity index (χ0v) is 17.6. The average Bonchev–Trinajstić information content (AvgIpc) is 3.37. The van der Waals surface area contributed by atoms with Gasteiger partial charge in [0.25, 0.3) is 0 Å². The lowest BCUT2D eigenvalue weighted by atomic mass is 9.99. The van der Waals surface area contributed by atoms with Crippen LogP contribution >= 0.6 is 23.1 Å². The quantitative estimate of drug-likeness (QED) is 0.272. The van der Waals surface area contributed by atoms with Gasteiger partial charge in [-0.15, -0.1) is 11.3 Å². The molecule has 4 heteroatoms. The standard InChI is InChI=1S/C26H16N2S2/c1-3-9-21-17(6-1)15-29-26-27-20-13-12-16(14-22(20)28(21)26)18-8-5-11-24-25(18)19-7-2-4-10-23(19)30-24/h1-14H,15H2. The van der Waals surface area contributed by atoms with Crippen molar-refractivity contribution in [3.63, 3.8) is 0 Å². The maximum atomic E-state index is 4.92. The first-order valence-electron chi connectivity index (χ1n) is 10.0. The fraction of sp³-hybridized carbons (Fsp3) is 0.0385. The molecule has 0 atom stereocenters. The lowest BCUT2D eigenvalue weighted by Gasteiger charge is -2.18. The molecule has 6 aromatic rings. The van der Waals surface area contributed by atoms with Crippen LogP contribution in [0, 0.1) is 0 Å². The Morgan fingerprint density at radius 2 is 1.67 bits per heavy atom. The van der Waals surface area contributed by atoms with Crippen molar-refractivity contribution in [1.29, 1.82) is 0 Å². The van der Waals surface area contributed by atoms with Gasteiger partial charge in [0.15, 0.2) is 5.16 Å². The van der Waals surface area contributed by atoms with Gasteiger partial charge in [-0.2, -0.15) is 0 Å². The Kier molecular flexibility index (Phi) is 3.45. The second kappa shape index (κ2) is 6.21. The number of thioether (sulfide) groups is 1. The van der Waals surface area contributed by atoms with E-state index in [0.29, 0.717) is 0 Å². The Bertz CT molecular complexity index is 1610. The van der Waals surface area contributed by atoms with Crippen molar-refractivity contribution in [2.75, 3.05) is 0 Å². The molecular formula is C26H16N2S2. The van der Waals surface area contributed by atoms with Gasteiger partial charge in [0, 0.05) is 25.9 Å². The van der Waals surface area contributed by atoms with Gasteiger partial charge in [-0.05, 0) is 47.0 Å². The smallest absolute Gasteiger partial charge is 0.174 e. The molecule has 7 rings (SSSR count). The van der Waals surface area contributed by atoms with Crippen LogP contribution in [0.3, 0.4) is 0 Å². The second-order valence-electron chi connectivity index (χ2n) is 7.63. The number of benzene rings is 4. The van der Waals surface area contributed by atoms with Gasteiger partial charge < -0.3 is 0 Å². The third kappa shape index (κ3) is 2.29. The largest absolute Gasteiger partial charge is 0.287 e. The monoisotopic (exact) mass is 420 g/mol. The zero-order valence-electron chi connectivity index (χ0n) is 16.0. The molecule has 2 nitrogen and oxygen atoms in total. The molecule has 1 aliphatic rings. The van der Waals surface area contributed by atoms with Crippen molar-refractivity contribution in [2.45, 2.75) is 10.9 Å². The molecule has 30 heavy (non-hydrogen) atoms. The SMILES string of the molecule is c1ccc2c(c1)CSc1nc3ccc(-c4cccc5sc6ccccc6c45)cc3n1-2. The third-order valence-electron chi connectivity index (χ3n) is 5.93. The molecule has 0 saturated heterocycles. The Morgan fingerprint density at radius 1 is 0.800 bits per heavy atom. The second-order valence-corrected chi connectivity index (χ2v) is 9.65. The highest BCUT2D eigenvalue weighted by molar-refractivity contribution is 7.98. The van der Waals surface area contributed by atoms with Gasteiger partial charge >= 0.3 is 0 Å². The summed E-state index contributed by atoms with van der Waals surface area (Å²) in [6, 6.07) is 30.7. The number of imidazole rings is 1. The van der Waals surface area contributed by atoms with Crippen LogP contribution in [0.25, 0.3) is 48.0 Å². The van der Waals surface area contributed by atoms with Crippen LogP contribution in [-0.2, 0) is 5.75 Å². The van der Waals surface area contributed by atoms with Crippen molar-refractivity contribution >= 4 is 54.3 Å². The van der Waals surface area contributed by atoms with Crippen LogP contribution in [0.2, 0.25) is 0 Å². The highest BCUT2D eigenvalue weighted by Crippen LogP contribution is 2.42. The van der Waals surface area contributed by atoms with E-state index in [1.807, 2.05) is 23.1 Å². The van der Waals surface area contributed by atoms with Crippen molar-refractivity contribution in [3.05, 3.63) is 90.5 Å². The Balaban J connectivity index is 1.53. The van der Waals surface area contributed by atoms with Gasteiger partial charge in [0.2, 0.25) is 0 Å². The average molecular weight is 421 g/mol. The first-order valence-corrected chi connectivity index (χ1v) is 11.8. The molecule has 0 fully saturated rings. The predicted molar refractivity (Wildman–Crippen MR) is 129 cm³/mol. The summed E-state index contributed by atoms with van der Waals surface area (Å²) in [5.74, 6) is 0.979. The summed E-state index contributed by atoms with van der Waals surface area (Å²) >= 11 is 3.69. The lowest BCUT2D eigenvalue weighted by Crippen LogP contribution is -2.05. The van der Waals surface area contributed by atoms with E-state index in [1.54, 1.807) is 0 Å². The van der Waals surface area contributed by atoms with E-state index in [0.717, 1.165) is 16.4 Å². The molecule has 0 radical (unpaired) electrons. The maximum absolute atomic E-state index is 4.92. The first-order chi connectivity index (χ1) is 14.9. The lowest BCUT2D eigenvalue weighted by molar-refractivity contribution is 0.894. The predicted octanol–water partition coefficient (Wildman–Crippen LogP) is 7.67. The highest BCUT2D eigenvalue weighted by atomic mass is 32.2. The van der Waals surface area contributed by atoms with Crippen LogP contribution in [0.4, 0.5) is 0 Å². The molecule has 3 heterocycles. The summed E-state index contributed by atoms with van der Waals surface area (Å²) in [5.41, 5.74) is 7.39. The van der Waals surface area contributed by atoms with E-state index >= 15 is 0 Å². The third-order valence-corrected chi connectivity index (χ3v) is 8.05. The van der Waals surface area contributed by atoms with Gasteiger partial charge in [-0.3, -0.25) is 4.57 Å². The number of fused-ring (bicyclic) bond motifs is 8. The van der Waals surface area contributed by atoms with E-state index in [2.05, 4.69) is 89.5 Å². The van der Waals surface area contributed by atoms with E-state index in [1.165, 1.54) is 48.1 Å². The summed E-state index contributed by atoms with van der Waals surface area (Å²) in [5, 5.41) is 3.77. The van der Waals surface area contributed by atoms with E-state index < -0.39 is 0 Å². The molecule has 0 saturated carbocycles. The molecule has 4 aromatic carbocycles. The summed E-state index contributed by atoms with van der Waals surface area (Å²) < 4.78 is 5.01. The first kappa shape index (κ1) is 16.7. The maximum Gasteiger partial charge on any atom is 0.174 e. The minimum absolute atomic E-state index is 0.979. The number of rotatable bonds is 1. The molecule has 0 aliphatic carbocycles. The van der Waals surface area contributed by atoms with Gasteiger partial charge in [-0.25, -0.2) is 4.98 Å². The van der Waals surface area contributed by atoms with Crippen LogP contribution in [-0.4, -0.2) is 9.55 Å². The molecular weight excluding hydrogens is 404 g/mol. The number of para-hydroxylation sites is 1. The van der Waals surface area contributed by atoms with Crippen molar-refractivity contribution in [3.8, 4) is 16.8 Å². The molecule has 0 spiro atoms. The summed E-state index contributed by atoms with van der Waals surface area (Å²) in [6.07, 6.45) is 0. The van der Waals surface area contributed by atoms with E-state index in [9.17, 15) is 0 Å². The topological polar surface area (TPSA) is 17.8 Å². The van der Waals surface area contributed by atoms with Gasteiger partial charge in [0.05, 0.1) is 16.7 Å². The minimum atomic E-state index is 0.979. The Hall–Kier alpha value is -3.08. The number of hydrogen-bond donors (Lipinski definition) is 0. The number of aromatic nitrogens is 2. The molecule has 0 amide bonds. The van der Waals surface area contributed by atoms with Crippen molar-refractivity contribution in [2.24, 2.45) is 0 Å². The summed E-state index contributed by atoms with van der Waals surface area (Å²) in [6.45, 7) is 0. The van der Waals surface area contributed by atoms with E-state index in [-0.39, 0.29) is 0 Å². The number of nitrogens with zero attached hydrogens (tertiary/aromatic N) is 2. The molecule has 0 bridgehead atoms. The highest BCUT2D eigenvalue weighted by Gasteiger charge is 2.21. The molecule has 0 unspecified atom stereocenters. The molecule has 1 aliphatic heterocycles. The van der Waals surface area contributed by atoms with Crippen LogP contribution < -0.4 is 0 Å². The molecule has 0 N–H and O–H groups in total. The fourth-order valence-electron chi connectivity index (χ4n) is 4.56. The Labute approximate surface area is 181 Å². The zero-order chi connectivity index (χ0) is 19.7. The van der Waals surface area contributed by atoms with Gasteiger partial charge in [-0.1, -0.05) is 66.4 Å². The van der Waals surface area contributed by atoms with Crippen molar-refractivity contribution < 1.29 is 0 Å². The normalized spacial score (nSPS) is 13.1. The number of hydrogen-bond acceptors (Lipinski definition) is 3. The van der Waals surface area contributed by atoms with Crippen molar-refractivity contribution in [1.82, 2.24) is 9.55 Å². The van der Waals surface area contributed by atoms with Crippen LogP contribution in [0.1, 0.15) is 5.56 Å². The number of thiophene rings is 1. The molecule has 2 aromatic heterocycles. The molecule has 142 valence electrons. The van der Waals surface area contributed by atoms with Crippen LogP contribution in [0.15, 0.2) is 90.1 Å². The minimum Gasteiger partial charge on any atom is -0.287 e. The van der Waals surface area contributed by atoms with E-state index in [4.69, 9.17) is 4.98 Å². The Morgan fingerprint density at radius 3 is 2.67 bits per heavy atom.